The minimum absolute atomic E-state index is 0.0639. The van der Waals surface area contributed by atoms with Gasteiger partial charge < -0.3 is 10.1 Å². The van der Waals surface area contributed by atoms with E-state index in [-0.39, 0.29) is 24.5 Å². The van der Waals surface area contributed by atoms with Crippen molar-refractivity contribution in [1.29, 1.82) is 0 Å². The predicted molar refractivity (Wildman–Crippen MR) is 109 cm³/mol. The van der Waals surface area contributed by atoms with Crippen LogP contribution in [0, 0.1) is 0 Å². The van der Waals surface area contributed by atoms with Crippen molar-refractivity contribution >= 4 is 38.9 Å². The Morgan fingerprint density at radius 3 is 2.52 bits per heavy atom. The molecular weight excluding hydrogens is 360 g/mol. The van der Waals surface area contributed by atoms with Gasteiger partial charge >= 0.3 is 0 Å². The van der Waals surface area contributed by atoms with Gasteiger partial charge in [0.25, 0.3) is 0 Å². The Balaban J connectivity index is 1.67. The predicted octanol–water partition coefficient (Wildman–Crippen LogP) is 5.03. The first-order chi connectivity index (χ1) is 13.0. The van der Waals surface area contributed by atoms with Crippen LogP contribution in [0.3, 0.4) is 0 Å². The average Bonchev–Trinajstić information content (AvgIpc) is 3.14. The summed E-state index contributed by atoms with van der Waals surface area (Å²) in [6, 6.07) is 11.2. The number of benzene rings is 2. The molecule has 2 aromatic carbocycles. The average molecular weight is 382 g/mol. The van der Waals surface area contributed by atoms with Crippen molar-refractivity contribution in [1.82, 2.24) is 4.98 Å². The van der Waals surface area contributed by atoms with Crippen LogP contribution in [0.2, 0.25) is 0 Å². The third-order valence-corrected chi connectivity index (χ3v) is 5.54. The number of carbonyl (C=O) groups excluding carboxylic acids is 2. The summed E-state index contributed by atoms with van der Waals surface area (Å²) in [5.74, 6) is 0.833. The van der Waals surface area contributed by atoms with Gasteiger partial charge in [-0.2, -0.15) is 0 Å². The summed E-state index contributed by atoms with van der Waals surface area (Å²) in [6.07, 6.45) is 2.04. The van der Waals surface area contributed by atoms with E-state index in [2.05, 4.69) is 24.1 Å². The molecule has 0 atom stereocenters. The van der Waals surface area contributed by atoms with Crippen molar-refractivity contribution < 1.29 is 14.3 Å². The fourth-order valence-corrected chi connectivity index (χ4v) is 3.68. The molecule has 5 nitrogen and oxygen atoms in total. The van der Waals surface area contributed by atoms with Crippen LogP contribution in [0.15, 0.2) is 42.6 Å². The lowest BCUT2D eigenvalue weighted by Gasteiger charge is -2.09. The summed E-state index contributed by atoms with van der Waals surface area (Å²) >= 11 is 1.46. The smallest absolute Gasteiger partial charge is 0.226 e. The Morgan fingerprint density at radius 2 is 1.85 bits per heavy atom. The van der Waals surface area contributed by atoms with Crippen LogP contribution in [0.25, 0.3) is 10.8 Å². The highest BCUT2D eigenvalue weighted by atomic mass is 32.1. The molecule has 27 heavy (non-hydrogen) atoms. The van der Waals surface area contributed by atoms with E-state index in [1.165, 1.54) is 11.3 Å². The van der Waals surface area contributed by atoms with Crippen molar-refractivity contribution in [3.8, 4) is 5.75 Å². The molecule has 0 radical (unpaired) electrons. The number of hydrogen-bond acceptors (Lipinski definition) is 5. The minimum Gasteiger partial charge on any atom is -0.496 e. The zero-order valence-electron chi connectivity index (χ0n) is 15.6. The van der Waals surface area contributed by atoms with E-state index in [4.69, 9.17) is 4.74 Å². The number of fused-ring (bicyclic) bond motifs is 1. The highest BCUT2D eigenvalue weighted by molar-refractivity contribution is 7.15. The fourth-order valence-electron chi connectivity index (χ4n) is 2.85. The summed E-state index contributed by atoms with van der Waals surface area (Å²) < 4.78 is 5.36. The number of rotatable bonds is 7. The number of ether oxygens (including phenoxy) is 1. The molecule has 6 heteroatoms. The maximum atomic E-state index is 12.7. The van der Waals surface area contributed by atoms with Crippen molar-refractivity contribution in [3.63, 3.8) is 0 Å². The number of ketones is 1. The molecule has 140 valence electrons. The number of methoxy groups -OCH3 is 1. The Labute approximate surface area is 162 Å². The summed E-state index contributed by atoms with van der Waals surface area (Å²) in [7, 11) is 1.61. The molecule has 0 aliphatic carbocycles. The number of nitrogens with zero attached hydrogens (tertiary/aromatic N) is 1. The molecule has 1 amide bonds. The van der Waals surface area contributed by atoms with Crippen LogP contribution in [-0.2, 0) is 4.79 Å². The van der Waals surface area contributed by atoms with E-state index >= 15 is 0 Å². The first-order valence-electron chi connectivity index (χ1n) is 8.84. The van der Waals surface area contributed by atoms with E-state index in [0.29, 0.717) is 16.6 Å². The fraction of sp³-hybridized carbons (Fsp3) is 0.286. The molecular formula is C21H22N2O3S. The number of hydrogen-bond donors (Lipinski definition) is 1. The molecule has 0 unspecified atom stereocenters. The molecule has 3 rings (SSSR count). The maximum absolute atomic E-state index is 12.7. The van der Waals surface area contributed by atoms with Crippen molar-refractivity contribution in [3.05, 3.63) is 53.0 Å². The standard InChI is InChI=1S/C21H22N2O3S/c1-13(2)19-12-22-21(27-19)23-20(25)11-9-17(24)15-8-10-18(26-3)16-7-5-4-6-14(15)16/h4-8,10,12-13H,9,11H2,1-3H3,(H,22,23,25). The Hall–Kier alpha value is -2.73. The highest BCUT2D eigenvalue weighted by Gasteiger charge is 2.15. The summed E-state index contributed by atoms with van der Waals surface area (Å²) in [6.45, 7) is 4.16. The second kappa shape index (κ2) is 8.31. The van der Waals surface area contributed by atoms with Gasteiger partial charge in [-0.15, -0.1) is 11.3 Å². The van der Waals surface area contributed by atoms with Crippen LogP contribution in [0.5, 0.6) is 5.75 Å². The number of thiazole rings is 1. The quantitative estimate of drug-likeness (QED) is 0.582. The highest BCUT2D eigenvalue weighted by Crippen LogP contribution is 2.29. The minimum atomic E-state index is -0.203. The summed E-state index contributed by atoms with van der Waals surface area (Å²) in [4.78, 5) is 30.2. The molecule has 1 N–H and O–H groups in total. The largest absolute Gasteiger partial charge is 0.496 e. The molecule has 0 spiro atoms. The first-order valence-corrected chi connectivity index (χ1v) is 9.65. The topological polar surface area (TPSA) is 68.3 Å². The summed E-state index contributed by atoms with van der Waals surface area (Å²) in [5.41, 5.74) is 0.607. The van der Waals surface area contributed by atoms with E-state index in [0.717, 1.165) is 21.4 Å². The molecule has 0 aliphatic rings. The van der Waals surface area contributed by atoms with Gasteiger partial charge in [0.1, 0.15) is 5.75 Å². The monoisotopic (exact) mass is 382 g/mol. The molecule has 3 aromatic rings. The van der Waals surface area contributed by atoms with E-state index in [1.54, 1.807) is 25.4 Å². The Morgan fingerprint density at radius 1 is 1.11 bits per heavy atom. The zero-order chi connectivity index (χ0) is 19.4. The van der Waals surface area contributed by atoms with E-state index < -0.39 is 0 Å². The van der Waals surface area contributed by atoms with Gasteiger partial charge in [0.2, 0.25) is 5.91 Å². The zero-order valence-corrected chi connectivity index (χ0v) is 16.4. The number of anilines is 1. The van der Waals surface area contributed by atoms with Gasteiger partial charge in [0.15, 0.2) is 10.9 Å². The van der Waals surface area contributed by atoms with Crippen molar-refractivity contribution in [2.75, 3.05) is 12.4 Å². The molecule has 1 heterocycles. The van der Waals surface area contributed by atoms with Gasteiger partial charge in [-0.05, 0) is 23.4 Å². The molecule has 1 aromatic heterocycles. The lowest BCUT2D eigenvalue weighted by Crippen LogP contribution is -2.13. The van der Waals surface area contributed by atoms with E-state index in [1.807, 2.05) is 24.3 Å². The van der Waals surface area contributed by atoms with Crippen LogP contribution < -0.4 is 10.1 Å². The van der Waals surface area contributed by atoms with Crippen LogP contribution >= 0.6 is 11.3 Å². The lowest BCUT2D eigenvalue weighted by molar-refractivity contribution is -0.116. The van der Waals surface area contributed by atoms with Gasteiger partial charge in [-0.25, -0.2) is 4.98 Å². The second-order valence-electron chi connectivity index (χ2n) is 6.55. The van der Waals surface area contributed by atoms with Crippen LogP contribution in [-0.4, -0.2) is 23.8 Å². The lowest BCUT2D eigenvalue weighted by atomic mass is 9.98. The Bertz CT molecular complexity index is 978. The van der Waals surface area contributed by atoms with Gasteiger partial charge in [-0.3, -0.25) is 9.59 Å². The maximum Gasteiger partial charge on any atom is 0.226 e. The number of aromatic nitrogens is 1. The first kappa shape index (κ1) is 19.0. The van der Waals surface area contributed by atoms with Crippen molar-refractivity contribution in [2.24, 2.45) is 0 Å². The number of amides is 1. The third kappa shape index (κ3) is 4.34. The number of nitrogens with one attached hydrogen (secondary N) is 1. The van der Waals surface area contributed by atoms with E-state index in [9.17, 15) is 9.59 Å². The molecule has 0 saturated heterocycles. The molecule has 0 bridgehead atoms. The molecule has 0 fully saturated rings. The number of carbonyl (C=O) groups is 2. The SMILES string of the molecule is COc1ccc(C(=O)CCC(=O)Nc2ncc(C(C)C)s2)c2ccccc12. The molecule has 0 saturated carbocycles. The summed E-state index contributed by atoms with van der Waals surface area (Å²) in [5, 5.41) is 5.08. The second-order valence-corrected chi connectivity index (χ2v) is 7.62. The van der Waals surface area contributed by atoms with Gasteiger partial charge in [0, 0.05) is 34.9 Å². The molecule has 0 aliphatic heterocycles. The number of Topliss-reactive ketones (excluding diaryl/α,β-unsaturated/α-hetero) is 1. The van der Waals surface area contributed by atoms with Crippen LogP contribution in [0.4, 0.5) is 5.13 Å². The van der Waals surface area contributed by atoms with Crippen molar-refractivity contribution in [2.45, 2.75) is 32.6 Å². The van der Waals surface area contributed by atoms with Gasteiger partial charge in [-0.1, -0.05) is 38.1 Å². The normalized spacial score (nSPS) is 11.0. The Kier molecular flexibility index (Phi) is 5.86. The van der Waals surface area contributed by atoms with Gasteiger partial charge in [0.05, 0.1) is 7.11 Å². The third-order valence-electron chi connectivity index (χ3n) is 4.32. The van der Waals surface area contributed by atoms with Crippen LogP contribution in [0.1, 0.15) is 47.8 Å².